The van der Waals surface area contributed by atoms with Gasteiger partial charge in [-0.3, -0.25) is 0 Å². The van der Waals surface area contributed by atoms with Crippen LogP contribution in [-0.4, -0.2) is 64.2 Å². The van der Waals surface area contributed by atoms with Crippen molar-refractivity contribution in [2.24, 2.45) is 11.8 Å². The normalized spacial score (nSPS) is 29.1. The van der Waals surface area contributed by atoms with E-state index in [0.29, 0.717) is 0 Å². The molecule has 0 amide bonds. The lowest BCUT2D eigenvalue weighted by Crippen LogP contribution is -2.32. The summed E-state index contributed by atoms with van der Waals surface area (Å²) < 4.78 is 0. The van der Waals surface area contributed by atoms with E-state index < -0.39 is 0 Å². The Bertz CT molecular complexity index is 129. The zero-order chi connectivity index (χ0) is 9.84. The Morgan fingerprint density at radius 3 is 1.62 bits per heavy atom. The molecule has 0 unspecified atom stereocenters. The first-order chi connectivity index (χ1) is 6.09. The van der Waals surface area contributed by atoms with Crippen molar-refractivity contribution in [3.63, 3.8) is 0 Å². The van der Waals surface area contributed by atoms with E-state index in [4.69, 9.17) is 0 Å². The number of nitrogens with zero attached hydrogens (tertiary/aromatic N) is 2. The van der Waals surface area contributed by atoms with Crippen molar-refractivity contribution in [1.82, 2.24) is 15.1 Å². The Balaban J connectivity index is 2.35. The number of nitrogens with one attached hydrogen (secondary N) is 1. The van der Waals surface area contributed by atoms with Gasteiger partial charge in [-0.05, 0) is 53.1 Å². The van der Waals surface area contributed by atoms with Crippen LogP contribution in [-0.2, 0) is 0 Å². The average molecular weight is 185 g/mol. The van der Waals surface area contributed by atoms with Crippen molar-refractivity contribution in [2.45, 2.75) is 0 Å². The fourth-order valence-electron chi connectivity index (χ4n) is 2.15. The molecule has 0 saturated carbocycles. The second-order valence-corrected chi connectivity index (χ2v) is 4.70. The minimum atomic E-state index is 0.831. The molecule has 0 aromatic carbocycles. The third-order valence-electron chi connectivity index (χ3n) is 2.68. The monoisotopic (exact) mass is 185 g/mol. The first-order valence-electron chi connectivity index (χ1n) is 5.09. The van der Waals surface area contributed by atoms with Crippen molar-refractivity contribution in [3.8, 4) is 0 Å². The molecular formula is C10H23N3. The summed E-state index contributed by atoms with van der Waals surface area (Å²) in [5, 5.41) is 3.48. The van der Waals surface area contributed by atoms with Gasteiger partial charge < -0.3 is 15.1 Å². The summed E-state index contributed by atoms with van der Waals surface area (Å²) in [6.07, 6.45) is 0. The van der Waals surface area contributed by atoms with Gasteiger partial charge in [-0.15, -0.1) is 0 Å². The second kappa shape index (κ2) is 4.94. The SMILES string of the molecule is CN(C)C[C@@H]1CNC[C@H]1CN(C)C. The van der Waals surface area contributed by atoms with Crippen molar-refractivity contribution in [3.05, 3.63) is 0 Å². The van der Waals surface area contributed by atoms with Crippen LogP contribution in [0, 0.1) is 11.8 Å². The third-order valence-corrected chi connectivity index (χ3v) is 2.68. The highest BCUT2D eigenvalue weighted by atomic mass is 15.1. The minimum Gasteiger partial charge on any atom is -0.316 e. The Morgan fingerprint density at radius 2 is 1.31 bits per heavy atom. The molecule has 0 radical (unpaired) electrons. The van der Waals surface area contributed by atoms with Crippen LogP contribution in [0.25, 0.3) is 0 Å². The molecule has 0 aliphatic carbocycles. The molecule has 0 aromatic rings. The molecule has 1 N–H and O–H groups in total. The Labute approximate surface area is 82.1 Å². The van der Waals surface area contributed by atoms with Crippen LogP contribution in [0.2, 0.25) is 0 Å². The highest BCUT2D eigenvalue weighted by Gasteiger charge is 2.27. The predicted octanol–water partition coefficient (Wildman–Crippen LogP) is -0.0548. The molecule has 1 rings (SSSR count). The second-order valence-electron chi connectivity index (χ2n) is 4.70. The molecule has 0 bridgehead atoms. The van der Waals surface area contributed by atoms with E-state index in [0.717, 1.165) is 11.8 Å². The van der Waals surface area contributed by atoms with Crippen LogP contribution in [0.4, 0.5) is 0 Å². The molecule has 2 atom stereocenters. The number of rotatable bonds is 4. The summed E-state index contributed by atoms with van der Waals surface area (Å²) in [5.74, 6) is 1.66. The van der Waals surface area contributed by atoms with Gasteiger partial charge in [-0.2, -0.15) is 0 Å². The zero-order valence-corrected chi connectivity index (χ0v) is 9.38. The molecule has 3 nitrogen and oxygen atoms in total. The fourth-order valence-corrected chi connectivity index (χ4v) is 2.15. The van der Waals surface area contributed by atoms with E-state index >= 15 is 0 Å². The first-order valence-corrected chi connectivity index (χ1v) is 5.09. The van der Waals surface area contributed by atoms with Gasteiger partial charge in [0.1, 0.15) is 0 Å². The maximum absolute atomic E-state index is 3.48. The predicted molar refractivity (Wildman–Crippen MR) is 57.0 cm³/mol. The molecule has 0 aromatic heterocycles. The molecule has 13 heavy (non-hydrogen) atoms. The smallest absolute Gasteiger partial charge is 0.00193 e. The summed E-state index contributed by atoms with van der Waals surface area (Å²) in [4.78, 5) is 4.58. The van der Waals surface area contributed by atoms with Crippen molar-refractivity contribution in [1.29, 1.82) is 0 Å². The zero-order valence-electron chi connectivity index (χ0n) is 9.38. The molecule has 1 heterocycles. The van der Waals surface area contributed by atoms with E-state index in [-0.39, 0.29) is 0 Å². The standard InChI is InChI=1S/C10H23N3/c1-12(2)7-9-5-11-6-10(9)8-13(3)4/h9-11H,5-8H2,1-4H3/t9-,10-/m0/s1. The van der Waals surface area contributed by atoms with Gasteiger partial charge in [-0.25, -0.2) is 0 Å². The largest absolute Gasteiger partial charge is 0.316 e. The Kier molecular flexibility index (Phi) is 4.16. The summed E-state index contributed by atoms with van der Waals surface area (Å²) in [5.41, 5.74) is 0. The quantitative estimate of drug-likeness (QED) is 0.662. The van der Waals surface area contributed by atoms with Crippen LogP contribution < -0.4 is 5.32 Å². The van der Waals surface area contributed by atoms with E-state index in [1.807, 2.05) is 0 Å². The maximum atomic E-state index is 3.48. The summed E-state index contributed by atoms with van der Waals surface area (Å²) in [6.45, 7) is 4.81. The summed E-state index contributed by atoms with van der Waals surface area (Å²) >= 11 is 0. The highest BCUT2D eigenvalue weighted by Crippen LogP contribution is 2.17. The van der Waals surface area contributed by atoms with Crippen LogP contribution in [0.3, 0.4) is 0 Å². The van der Waals surface area contributed by atoms with Crippen LogP contribution in [0.5, 0.6) is 0 Å². The van der Waals surface area contributed by atoms with Gasteiger partial charge in [0.15, 0.2) is 0 Å². The molecule has 78 valence electrons. The van der Waals surface area contributed by atoms with E-state index in [1.165, 1.54) is 26.2 Å². The van der Waals surface area contributed by atoms with Crippen LogP contribution in [0.15, 0.2) is 0 Å². The summed E-state index contributed by atoms with van der Waals surface area (Å²) in [7, 11) is 8.63. The average Bonchev–Trinajstić information content (AvgIpc) is 2.34. The third kappa shape index (κ3) is 3.63. The van der Waals surface area contributed by atoms with Gasteiger partial charge in [0, 0.05) is 13.1 Å². The van der Waals surface area contributed by atoms with Gasteiger partial charge in [-0.1, -0.05) is 0 Å². The molecular weight excluding hydrogens is 162 g/mol. The molecule has 1 fully saturated rings. The van der Waals surface area contributed by atoms with Gasteiger partial charge >= 0.3 is 0 Å². The summed E-state index contributed by atoms with van der Waals surface area (Å²) in [6, 6.07) is 0. The van der Waals surface area contributed by atoms with Gasteiger partial charge in [0.25, 0.3) is 0 Å². The molecule has 1 saturated heterocycles. The van der Waals surface area contributed by atoms with Gasteiger partial charge in [0.2, 0.25) is 0 Å². The van der Waals surface area contributed by atoms with Crippen molar-refractivity contribution >= 4 is 0 Å². The Morgan fingerprint density at radius 1 is 0.923 bits per heavy atom. The molecule has 3 heteroatoms. The number of hydrogen-bond donors (Lipinski definition) is 1. The molecule has 0 spiro atoms. The van der Waals surface area contributed by atoms with E-state index in [1.54, 1.807) is 0 Å². The van der Waals surface area contributed by atoms with E-state index in [9.17, 15) is 0 Å². The topological polar surface area (TPSA) is 18.5 Å². The van der Waals surface area contributed by atoms with Crippen molar-refractivity contribution < 1.29 is 0 Å². The lowest BCUT2D eigenvalue weighted by molar-refractivity contribution is 0.243. The Hall–Kier alpha value is -0.120. The fraction of sp³-hybridized carbons (Fsp3) is 1.00. The van der Waals surface area contributed by atoms with Crippen LogP contribution in [0.1, 0.15) is 0 Å². The molecule has 1 aliphatic heterocycles. The highest BCUT2D eigenvalue weighted by molar-refractivity contribution is 4.83. The van der Waals surface area contributed by atoms with Crippen LogP contribution >= 0.6 is 0 Å². The van der Waals surface area contributed by atoms with E-state index in [2.05, 4.69) is 43.3 Å². The lowest BCUT2D eigenvalue weighted by atomic mass is 9.95. The van der Waals surface area contributed by atoms with Gasteiger partial charge in [0.05, 0.1) is 0 Å². The first kappa shape index (κ1) is 11.0. The molecule has 1 aliphatic rings. The number of hydrogen-bond acceptors (Lipinski definition) is 3. The minimum absolute atomic E-state index is 0.831. The maximum Gasteiger partial charge on any atom is 0.00193 e. The van der Waals surface area contributed by atoms with Crippen molar-refractivity contribution in [2.75, 3.05) is 54.4 Å². The lowest BCUT2D eigenvalue weighted by Gasteiger charge is -2.24.